The fraction of sp³-hybridized carbons (Fsp3) is 0.571. The van der Waals surface area contributed by atoms with E-state index in [9.17, 15) is 0 Å². The molecule has 2 N–H and O–H groups in total. The molecule has 7 heteroatoms. The van der Waals surface area contributed by atoms with Gasteiger partial charge in [-0.2, -0.15) is 0 Å². The Hall–Kier alpha value is -1.09. The lowest BCUT2D eigenvalue weighted by Crippen LogP contribution is -2.44. The molecule has 0 aliphatic rings. The molecule has 0 aliphatic carbocycles. The highest BCUT2D eigenvalue weighted by atomic mass is 127. The third kappa shape index (κ3) is 9.46. The van der Waals surface area contributed by atoms with Gasteiger partial charge in [-0.05, 0) is 26.0 Å². The van der Waals surface area contributed by atoms with Crippen molar-refractivity contribution in [2.75, 3.05) is 33.4 Å². The molecule has 1 rings (SSSR count). The van der Waals surface area contributed by atoms with E-state index >= 15 is 0 Å². The standard InChI is InChI=1S/C14H24N4O2.HI/c1-4-16-14(18-12(2)11-19-3)17-8-9-20-13-6-5-7-15-10-13;/h5-7,10,12H,4,8-9,11H2,1-3H3,(H2,16,17,18);1H. The molecule has 1 aromatic heterocycles. The average molecular weight is 408 g/mol. The van der Waals surface area contributed by atoms with Gasteiger partial charge >= 0.3 is 0 Å². The number of aliphatic imine (C=N–C) groups is 1. The normalized spacial score (nSPS) is 12.2. The van der Waals surface area contributed by atoms with Crippen LogP contribution in [-0.4, -0.2) is 50.4 Å². The number of hydrogen-bond acceptors (Lipinski definition) is 4. The van der Waals surface area contributed by atoms with Crippen LogP contribution in [0.4, 0.5) is 0 Å². The van der Waals surface area contributed by atoms with E-state index in [4.69, 9.17) is 9.47 Å². The van der Waals surface area contributed by atoms with Crippen molar-refractivity contribution < 1.29 is 9.47 Å². The SMILES string of the molecule is CCNC(=NCCOc1cccnc1)NC(C)COC.I. The summed E-state index contributed by atoms with van der Waals surface area (Å²) in [5.74, 6) is 1.53. The molecular weight excluding hydrogens is 383 g/mol. The van der Waals surface area contributed by atoms with Crippen LogP contribution >= 0.6 is 24.0 Å². The molecular formula is C14H25IN4O2. The molecule has 0 fully saturated rings. The van der Waals surface area contributed by atoms with Crippen molar-refractivity contribution in [3.63, 3.8) is 0 Å². The van der Waals surface area contributed by atoms with Gasteiger partial charge in [0, 0.05) is 25.9 Å². The second-order valence-corrected chi connectivity index (χ2v) is 4.30. The predicted molar refractivity (Wildman–Crippen MR) is 95.6 cm³/mol. The van der Waals surface area contributed by atoms with Crippen molar-refractivity contribution in [1.82, 2.24) is 15.6 Å². The van der Waals surface area contributed by atoms with Crippen molar-refractivity contribution in [2.45, 2.75) is 19.9 Å². The van der Waals surface area contributed by atoms with Gasteiger partial charge in [-0.25, -0.2) is 4.99 Å². The summed E-state index contributed by atoms with van der Waals surface area (Å²) in [5, 5.41) is 6.45. The molecule has 1 unspecified atom stereocenters. The highest BCUT2D eigenvalue weighted by molar-refractivity contribution is 14.0. The van der Waals surface area contributed by atoms with E-state index in [2.05, 4.69) is 20.6 Å². The Labute approximate surface area is 143 Å². The van der Waals surface area contributed by atoms with Gasteiger partial charge in [0.2, 0.25) is 0 Å². The minimum absolute atomic E-state index is 0. The zero-order chi connectivity index (χ0) is 14.6. The second-order valence-electron chi connectivity index (χ2n) is 4.30. The molecule has 0 aliphatic heterocycles. The second kappa shape index (κ2) is 12.6. The molecule has 0 amide bonds. The topological polar surface area (TPSA) is 67.8 Å². The molecule has 0 saturated heterocycles. The zero-order valence-corrected chi connectivity index (χ0v) is 15.2. The molecule has 0 aromatic carbocycles. The quantitative estimate of drug-likeness (QED) is 0.297. The third-order valence-corrected chi connectivity index (χ3v) is 2.41. The van der Waals surface area contributed by atoms with Crippen LogP contribution in [0.2, 0.25) is 0 Å². The Morgan fingerprint density at radius 1 is 1.48 bits per heavy atom. The van der Waals surface area contributed by atoms with Gasteiger partial charge in [-0.1, -0.05) is 0 Å². The summed E-state index contributed by atoms with van der Waals surface area (Å²) in [4.78, 5) is 8.43. The van der Waals surface area contributed by atoms with Crippen LogP contribution < -0.4 is 15.4 Å². The summed E-state index contributed by atoms with van der Waals surface area (Å²) >= 11 is 0. The van der Waals surface area contributed by atoms with E-state index in [-0.39, 0.29) is 30.0 Å². The molecule has 0 saturated carbocycles. The number of halogens is 1. The smallest absolute Gasteiger partial charge is 0.191 e. The number of guanidine groups is 1. The van der Waals surface area contributed by atoms with Gasteiger partial charge in [-0.15, -0.1) is 24.0 Å². The Bertz CT molecular complexity index is 390. The van der Waals surface area contributed by atoms with Crippen LogP contribution in [0.25, 0.3) is 0 Å². The van der Waals surface area contributed by atoms with Crippen molar-refractivity contribution in [1.29, 1.82) is 0 Å². The number of hydrogen-bond donors (Lipinski definition) is 2. The van der Waals surface area contributed by atoms with Crippen LogP contribution in [0, 0.1) is 0 Å². The van der Waals surface area contributed by atoms with Crippen LogP contribution in [0.3, 0.4) is 0 Å². The number of pyridine rings is 1. The zero-order valence-electron chi connectivity index (χ0n) is 12.8. The van der Waals surface area contributed by atoms with Gasteiger partial charge in [0.1, 0.15) is 12.4 Å². The van der Waals surface area contributed by atoms with Crippen molar-refractivity contribution in [2.24, 2.45) is 4.99 Å². The Balaban J connectivity index is 0.00000400. The van der Waals surface area contributed by atoms with Gasteiger partial charge in [0.25, 0.3) is 0 Å². The number of nitrogens with zero attached hydrogens (tertiary/aromatic N) is 2. The molecule has 1 aromatic rings. The van der Waals surface area contributed by atoms with Crippen LogP contribution in [-0.2, 0) is 4.74 Å². The summed E-state index contributed by atoms with van der Waals surface area (Å²) in [5.41, 5.74) is 0. The van der Waals surface area contributed by atoms with E-state index in [0.29, 0.717) is 19.8 Å². The lowest BCUT2D eigenvalue weighted by atomic mass is 10.4. The maximum atomic E-state index is 5.54. The summed E-state index contributed by atoms with van der Waals surface area (Å²) in [7, 11) is 1.68. The van der Waals surface area contributed by atoms with Gasteiger partial charge < -0.3 is 20.1 Å². The minimum Gasteiger partial charge on any atom is -0.490 e. The van der Waals surface area contributed by atoms with Gasteiger partial charge in [-0.3, -0.25) is 4.98 Å². The molecule has 6 nitrogen and oxygen atoms in total. The van der Waals surface area contributed by atoms with E-state index in [1.54, 1.807) is 19.5 Å². The molecule has 120 valence electrons. The number of aromatic nitrogens is 1. The summed E-state index contributed by atoms with van der Waals surface area (Å²) in [6.45, 7) is 6.61. The number of ether oxygens (including phenoxy) is 2. The molecule has 0 radical (unpaired) electrons. The maximum Gasteiger partial charge on any atom is 0.191 e. The summed E-state index contributed by atoms with van der Waals surface area (Å²) in [6, 6.07) is 3.93. The first-order chi connectivity index (χ1) is 9.76. The lowest BCUT2D eigenvalue weighted by Gasteiger charge is -2.17. The third-order valence-electron chi connectivity index (χ3n) is 2.41. The molecule has 21 heavy (non-hydrogen) atoms. The lowest BCUT2D eigenvalue weighted by molar-refractivity contribution is 0.179. The first-order valence-corrected chi connectivity index (χ1v) is 6.82. The first kappa shape index (κ1) is 19.9. The summed E-state index contributed by atoms with van der Waals surface area (Å²) < 4.78 is 10.6. The molecule has 0 bridgehead atoms. The Kier molecular flexibility index (Phi) is 12.0. The molecule has 0 spiro atoms. The van der Waals surface area contributed by atoms with Gasteiger partial charge in [0.05, 0.1) is 19.3 Å². The average Bonchev–Trinajstić information content (AvgIpc) is 2.45. The fourth-order valence-electron chi connectivity index (χ4n) is 1.60. The predicted octanol–water partition coefficient (Wildman–Crippen LogP) is 1.67. The van der Waals surface area contributed by atoms with Crippen molar-refractivity contribution >= 4 is 29.9 Å². The Morgan fingerprint density at radius 3 is 2.90 bits per heavy atom. The minimum atomic E-state index is 0. The van der Waals surface area contributed by atoms with Crippen molar-refractivity contribution in [3.8, 4) is 5.75 Å². The van der Waals surface area contributed by atoms with Crippen LogP contribution in [0.1, 0.15) is 13.8 Å². The highest BCUT2D eigenvalue weighted by Gasteiger charge is 2.03. The van der Waals surface area contributed by atoms with E-state index < -0.39 is 0 Å². The van der Waals surface area contributed by atoms with Crippen LogP contribution in [0.15, 0.2) is 29.5 Å². The largest absolute Gasteiger partial charge is 0.490 e. The van der Waals surface area contributed by atoms with E-state index in [1.165, 1.54) is 0 Å². The van der Waals surface area contributed by atoms with Crippen LogP contribution in [0.5, 0.6) is 5.75 Å². The summed E-state index contributed by atoms with van der Waals surface area (Å²) in [6.07, 6.45) is 3.41. The number of rotatable bonds is 8. The van der Waals surface area contributed by atoms with Crippen molar-refractivity contribution in [3.05, 3.63) is 24.5 Å². The van der Waals surface area contributed by atoms with Gasteiger partial charge in [0.15, 0.2) is 5.96 Å². The number of nitrogens with one attached hydrogen (secondary N) is 2. The number of methoxy groups -OCH3 is 1. The Morgan fingerprint density at radius 2 is 2.29 bits per heavy atom. The first-order valence-electron chi connectivity index (χ1n) is 6.82. The van der Waals surface area contributed by atoms with E-state index in [0.717, 1.165) is 18.3 Å². The fourth-order valence-corrected chi connectivity index (χ4v) is 1.60. The molecule has 1 atom stereocenters. The maximum absolute atomic E-state index is 5.54. The monoisotopic (exact) mass is 408 g/mol. The molecule has 1 heterocycles. The van der Waals surface area contributed by atoms with E-state index in [1.807, 2.05) is 26.0 Å². The highest BCUT2D eigenvalue weighted by Crippen LogP contribution is 2.05.